The van der Waals surface area contributed by atoms with Crippen LogP contribution in [0.4, 0.5) is 0 Å². The van der Waals surface area contributed by atoms with Crippen molar-refractivity contribution in [2.24, 2.45) is 0 Å². The number of ether oxygens (including phenoxy) is 4. The van der Waals surface area contributed by atoms with E-state index in [0.717, 1.165) is 24.3 Å². The molecule has 19 nitrogen and oxygen atoms in total. The standard InChI is InChI=1S/C29H30O19/c30-2-1-8-3-9(4-13(33)17(8)34)14-7-12(32)16-11(31)5-10(6-15(16)45-14)44-28-22(39)19(36)21(38)25(47-28)27(43)48-29-23(40)18(35)20(37)24(46-29)26(41)42/h3-7,18-25,28-31,33-40H,1-2H2,(H,41,42)/t18-,19-,20-,21-,22+,23+,24-,25-,28+,29-/m0/s1. The molecule has 0 saturated carbocycles. The number of aliphatic carboxylic acids is 1. The number of phenols is 3. The molecule has 2 saturated heterocycles. The summed E-state index contributed by atoms with van der Waals surface area (Å²) in [5.74, 6) is -5.63. The average Bonchev–Trinajstić information content (AvgIpc) is 3.03. The molecule has 0 amide bonds. The number of carbonyl (C=O) groups excluding carboxylic acids is 1. The molecule has 1 aromatic heterocycles. The molecule has 5 rings (SSSR count). The maximum absolute atomic E-state index is 12.9. The number of hydrogen-bond donors (Lipinski definition) is 11. The van der Waals surface area contributed by atoms with Crippen LogP contribution in [0.2, 0.25) is 0 Å². The van der Waals surface area contributed by atoms with Gasteiger partial charge in [-0.3, -0.25) is 4.79 Å². The number of carboxylic acids is 1. The van der Waals surface area contributed by atoms with Crippen LogP contribution in [0.3, 0.4) is 0 Å². The lowest BCUT2D eigenvalue weighted by Gasteiger charge is -2.41. The summed E-state index contributed by atoms with van der Waals surface area (Å²) in [4.78, 5) is 37.2. The van der Waals surface area contributed by atoms with Gasteiger partial charge in [0.25, 0.3) is 0 Å². The smallest absolute Gasteiger partial charge is 0.340 e. The monoisotopic (exact) mass is 682 g/mol. The molecule has 19 heteroatoms. The third-order valence-electron chi connectivity index (χ3n) is 7.72. The molecule has 11 N–H and O–H groups in total. The van der Waals surface area contributed by atoms with Gasteiger partial charge in [-0.15, -0.1) is 0 Å². The molecule has 0 unspecified atom stereocenters. The number of carboxylic acid groups (broad SMARTS) is 1. The number of hydrogen-bond acceptors (Lipinski definition) is 18. The highest BCUT2D eigenvalue weighted by molar-refractivity contribution is 5.86. The molecule has 3 aromatic rings. The minimum atomic E-state index is -2.19. The molecule has 2 aromatic carbocycles. The van der Waals surface area contributed by atoms with E-state index in [1.165, 1.54) is 6.07 Å². The van der Waals surface area contributed by atoms with Gasteiger partial charge in [0.1, 0.15) is 64.9 Å². The Kier molecular flexibility index (Phi) is 9.78. The van der Waals surface area contributed by atoms with Crippen LogP contribution in [-0.4, -0.2) is 136 Å². The van der Waals surface area contributed by atoms with Crippen molar-refractivity contribution in [1.29, 1.82) is 0 Å². The Morgan fingerprint density at radius 1 is 0.750 bits per heavy atom. The van der Waals surface area contributed by atoms with E-state index >= 15 is 0 Å². The first kappa shape index (κ1) is 34.8. The van der Waals surface area contributed by atoms with E-state index in [1.807, 2.05) is 0 Å². The van der Waals surface area contributed by atoms with Gasteiger partial charge in [-0.05, 0) is 18.6 Å². The van der Waals surface area contributed by atoms with Crippen molar-refractivity contribution in [2.45, 2.75) is 67.8 Å². The third kappa shape index (κ3) is 6.45. The normalized spacial score (nSPS) is 30.6. The van der Waals surface area contributed by atoms with E-state index in [-0.39, 0.29) is 46.6 Å². The Bertz CT molecular complexity index is 1750. The van der Waals surface area contributed by atoms with Gasteiger partial charge in [0.2, 0.25) is 12.6 Å². The van der Waals surface area contributed by atoms with Gasteiger partial charge in [-0.2, -0.15) is 0 Å². The van der Waals surface area contributed by atoms with Gasteiger partial charge in [-0.25, -0.2) is 9.59 Å². The van der Waals surface area contributed by atoms with Crippen LogP contribution >= 0.6 is 0 Å². The van der Waals surface area contributed by atoms with Gasteiger partial charge in [0.05, 0.1) is 0 Å². The maximum Gasteiger partial charge on any atom is 0.340 e. The van der Waals surface area contributed by atoms with Gasteiger partial charge < -0.3 is 79.5 Å². The molecule has 48 heavy (non-hydrogen) atoms. The van der Waals surface area contributed by atoms with Crippen molar-refractivity contribution in [3.63, 3.8) is 0 Å². The third-order valence-corrected chi connectivity index (χ3v) is 7.72. The Labute approximate surface area is 267 Å². The molecule has 260 valence electrons. The fraction of sp³-hybridized carbons (Fsp3) is 0.414. The van der Waals surface area contributed by atoms with Crippen molar-refractivity contribution in [2.75, 3.05) is 6.61 Å². The van der Waals surface area contributed by atoms with Crippen molar-refractivity contribution in [3.05, 3.63) is 46.1 Å². The number of aliphatic hydroxyl groups is 7. The highest BCUT2D eigenvalue weighted by Gasteiger charge is 2.52. The number of esters is 1. The number of benzene rings is 2. The minimum Gasteiger partial charge on any atom is -0.507 e. The minimum absolute atomic E-state index is 0.0508. The summed E-state index contributed by atoms with van der Waals surface area (Å²) >= 11 is 0. The van der Waals surface area contributed by atoms with Crippen molar-refractivity contribution in [1.82, 2.24) is 0 Å². The Morgan fingerprint density at radius 3 is 2.02 bits per heavy atom. The number of fused-ring (bicyclic) bond motifs is 1. The van der Waals surface area contributed by atoms with Gasteiger partial charge in [-0.1, -0.05) is 0 Å². The van der Waals surface area contributed by atoms with E-state index in [0.29, 0.717) is 0 Å². The Balaban J connectivity index is 1.41. The lowest BCUT2D eigenvalue weighted by atomic mass is 9.98. The van der Waals surface area contributed by atoms with E-state index in [1.54, 1.807) is 0 Å². The van der Waals surface area contributed by atoms with E-state index < -0.39 is 96.0 Å². The first-order chi connectivity index (χ1) is 22.6. The summed E-state index contributed by atoms with van der Waals surface area (Å²) in [5.41, 5.74) is -0.821. The van der Waals surface area contributed by atoms with Crippen LogP contribution in [0.1, 0.15) is 5.56 Å². The molecule has 2 fully saturated rings. The highest BCUT2D eigenvalue weighted by atomic mass is 16.7. The lowest BCUT2D eigenvalue weighted by Crippen LogP contribution is -2.63. The summed E-state index contributed by atoms with van der Waals surface area (Å²) in [6.45, 7) is -0.374. The average molecular weight is 683 g/mol. The summed E-state index contributed by atoms with van der Waals surface area (Å²) in [6.07, 6.45) is -21.4. The van der Waals surface area contributed by atoms with Crippen molar-refractivity contribution in [3.8, 4) is 34.3 Å². The molecule has 10 atom stereocenters. The number of aliphatic hydroxyl groups excluding tert-OH is 7. The molecule has 3 heterocycles. The zero-order chi connectivity index (χ0) is 35.2. The summed E-state index contributed by atoms with van der Waals surface area (Å²) < 4.78 is 26.3. The van der Waals surface area contributed by atoms with Crippen LogP contribution < -0.4 is 10.2 Å². The topological polar surface area (TPSA) is 324 Å². The second-order valence-corrected chi connectivity index (χ2v) is 11.0. The summed E-state index contributed by atoms with van der Waals surface area (Å²) in [6, 6.07) is 5.37. The second-order valence-electron chi connectivity index (χ2n) is 11.0. The Hall–Kier alpha value is -4.57. The first-order valence-electron chi connectivity index (χ1n) is 14.1. The number of phenolic OH excluding ortho intramolecular Hbond substituents is 3. The summed E-state index contributed by atoms with van der Waals surface area (Å²) in [7, 11) is 0. The van der Waals surface area contributed by atoms with Crippen molar-refractivity contribution >= 4 is 22.9 Å². The van der Waals surface area contributed by atoms with Crippen LogP contribution in [0, 0.1) is 0 Å². The lowest BCUT2D eigenvalue weighted by molar-refractivity contribution is -0.302. The first-order valence-corrected chi connectivity index (χ1v) is 14.1. The van der Waals surface area contributed by atoms with Gasteiger partial charge in [0, 0.05) is 35.9 Å². The fourth-order valence-electron chi connectivity index (χ4n) is 5.19. The van der Waals surface area contributed by atoms with E-state index in [2.05, 4.69) is 0 Å². The van der Waals surface area contributed by atoms with Crippen LogP contribution in [0.15, 0.2) is 39.5 Å². The molecule has 0 radical (unpaired) electrons. The van der Waals surface area contributed by atoms with E-state index in [4.69, 9.17) is 23.4 Å². The molecule has 2 aliphatic rings. The quantitative estimate of drug-likeness (QED) is 0.0820. The largest absolute Gasteiger partial charge is 0.507 e. The predicted octanol–water partition coefficient (Wildman–Crippen LogP) is -3.27. The SMILES string of the molecule is O=C(O)[C@H]1O[C@@H](OC(=O)[C@H]2O[C@@H](Oc3cc(O)c4c(=O)cc(-c5cc(O)c(O)c(CCO)c5)oc4c3)[C@H](O)[C@@H](O)[C@@H]2O)[C@H](O)[C@@H](O)[C@@H]1O. The highest BCUT2D eigenvalue weighted by Crippen LogP contribution is 2.37. The molecular weight excluding hydrogens is 652 g/mol. The molecular formula is C29H30O19. The zero-order valence-electron chi connectivity index (χ0n) is 24.3. The van der Waals surface area contributed by atoms with Crippen LogP contribution in [-0.2, 0) is 30.2 Å². The number of rotatable bonds is 8. The maximum atomic E-state index is 12.9. The van der Waals surface area contributed by atoms with Gasteiger partial charge in [0.15, 0.2) is 29.1 Å². The molecule has 0 bridgehead atoms. The fourth-order valence-corrected chi connectivity index (χ4v) is 5.19. The van der Waals surface area contributed by atoms with Crippen molar-refractivity contribution < 1.29 is 89.1 Å². The second kappa shape index (κ2) is 13.5. The van der Waals surface area contributed by atoms with E-state index in [9.17, 15) is 70.6 Å². The molecule has 2 aliphatic heterocycles. The Morgan fingerprint density at radius 2 is 1.38 bits per heavy atom. The number of carbonyl (C=O) groups is 2. The van der Waals surface area contributed by atoms with Crippen LogP contribution in [0.5, 0.6) is 23.0 Å². The molecule has 0 aliphatic carbocycles. The summed E-state index contributed by atoms with van der Waals surface area (Å²) in [5, 5.41) is 110. The molecule has 0 spiro atoms. The van der Waals surface area contributed by atoms with Crippen LogP contribution in [0.25, 0.3) is 22.3 Å². The zero-order valence-corrected chi connectivity index (χ0v) is 24.3. The predicted molar refractivity (Wildman–Crippen MR) is 151 cm³/mol. The van der Waals surface area contributed by atoms with Gasteiger partial charge >= 0.3 is 11.9 Å². The number of aromatic hydroxyl groups is 3.